The standard InChI is InChI=1S/C23H24N4O3/c1-29-20-12-18-19(13-21(20)30-2)24-14-25-23(18)27-17-9-6-15(7-10-17)8-11-22(28)26-16-4-3-5-16/h6-14,16H,3-5H2,1-2H3,(H,26,28)(H,24,25,27)/b11-8+. The molecule has 1 fully saturated rings. The van der Waals surface area contributed by atoms with Gasteiger partial charge in [-0.05, 0) is 49.1 Å². The van der Waals surface area contributed by atoms with Gasteiger partial charge in [0.05, 0.1) is 19.7 Å². The van der Waals surface area contributed by atoms with E-state index in [9.17, 15) is 4.79 Å². The second kappa shape index (κ2) is 8.82. The molecule has 1 aliphatic carbocycles. The number of hydrogen-bond donors (Lipinski definition) is 2. The largest absolute Gasteiger partial charge is 0.493 e. The van der Waals surface area contributed by atoms with E-state index in [1.807, 2.05) is 42.5 Å². The van der Waals surface area contributed by atoms with Crippen LogP contribution < -0.4 is 20.1 Å². The average Bonchev–Trinajstić information content (AvgIpc) is 2.75. The van der Waals surface area contributed by atoms with Crippen LogP contribution in [-0.2, 0) is 4.79 Å². The van der Waals surface area contributed by atoms with Crippen molar-refractivity contribution >= 4 is 34.4 Å². The number of fused-ring (bicyclic) bond motifs is 1. The molecule has 2 N–H and O–H groups in total. The van der Waals surface area contributed by atoms with Gasteiger partial charge >= 0.3 is 0 Å². The highest BCUT2D eigenvalue weighted by atomic mass is 16.5. The fourth-order valence-corrected chi connectivity index (χ4v) is 3.27. The van der Waals surface area contributed by atoms with Crippen LogP contribution in [0.1, 0.15) is 24.8 Å². The SMILES string of the molecule is COc1cc2ncnc(Nc3ccc(/C=C/C(=O)NC4CCC4)cc3)c2cc1OC. The number of hydrogen-bond acceptors (Lipinski definition) is 6. The fourth-order valence-electron chi connectivity index (χ4n) is 3.27. The Kier molecular flexibility index (Phi) is 5.79. The van der Waals surface area contributed by atoms with E-state index < -0.39 is 0 Å². The van der Waals surface area contributed by atoms with Crippen molar-refractivity contribution in [3.05, 3.63) is 54.4 Å². The minimum atomic E-state index is -0.0428. The molecule has 7 heteroatoms. The molecule has 1 saturated carbocycles. The molecule has 1 aliphatic rings. The van der Waals surface area contributed by atoms with Gasteiger partial charge in [0.2, 0.25) is 5.91 Å². The van der Waals surface area contributed by atoms with Crippen LogP contribution in [0.15, 0.2) is 48.8 Å². The Morgan fingerprint density at radius 1 is 1.07 bits per heavy atom. The van der Waals surface area contributed by atoms with Gasteiger partial charge in [-0.3, -0.25) is 4.79 Å². The molecule has 0 aliphatic heterocycles. The van der Waals surface area contributed by atoms with Gasteiger partial charge in [0, 0.05) is 29.3 Å². The summed E-state index contributed by atoms with van der Waals surface area (Å²) in [4.78, 5) is 20.6. The Balaban J connectivity index is 1.49. The molecule has 3 aromatic rings. The normalized spacial score (nSPS) is 13.8. The number of nitrogens with one attached hydrogen (secondary N) is 2. The molecule has 4 rings (SSSR count). The first kappa shape index (κ1) is 19.7. The molecule has 0 unspecified atom stereocenters. The molecule has 0 atom stereocenters. The smallest absolute Gasteiger partial charge is 0.244 e. The maximum Gasteiger partial charge on any atom is 0.244 e. The monoisotopic (exact) mass is 404 g/mol. The van der Waals surface area contributed by atoms with Gasteiger partial charge in [-0.1, -0.05) is 12.1 Å². The lowest BCUT2D eigenvalue weighted by Gasteiger charge is -2.25. The second-order valence-corrected chi connectivity index (χ2v) is 7.16. The van der Waals surface area contributed by atoms with Crippen LogP contribution >= 0.6 is 0 Å². The van der Waals surface area contributed by atoms with Crippen molar-refractivity contribution in [1.82, 2.24) is 15.3 Å². The lowest BCUT2D eigenvalue weighted by atomic mass is 9.93. The Labute approximate surface area is 175 Å². The van der Waals surface area contributed by atoms with E-state index in [1.165, 1.54) is 12.7 Å². The van der Waals surface area contributed by atoms with Gasteiger partial charge in [-0.25, -0.2) is 9.97 Å². The van der Waals surface area contributed by atoms with Gasteiger partial charge in [0.25, 0.3) is 0 Å². The minimum Gasteiger partial charge on any atom is -0.493 e. The van der Waals surface area contributed by atoms with E-state index in [1.54, 1.807) is 20.3 Å². The summed E-state index contributed by atoms with van der Waals surface area (Å²) in [6.07, 6.45) is 8.26. The molecular formula is C23H24N4O3. The number of amides is 1. The summed E-state index contributed by atoms with van der Waals surface area (Å²) >= 11 is 0. The number of carbonyl (C=O) groups is 1. The zero-order valence-corrected chi connectivity index (χ0v) is 17.0. The van der Waals surface area contributed by atoms with E-state index in [2.05, 4.69) is 20.6 Å². The number of rotatable bonds is 7. The summed E-state index contributed by atoms with van der Waals surface area (Å²) in [5.41, 5.74) is 2.58. The number of carbonyl (C=O) groups excluding carboxylic acids is 1. The predicted molar refractivity (Wildman–Crippen MR) is 117 cm³/mol. The topological polar surface area (TPSA) is 85.4 Å². The summed E-state index contributed by atoms with van der Waals surface area (Å²) in [6.45, 7) is 0. The van der Waals surface area contributed by atoms with Gasteiger partial charge in [0.1, 0.15) is 12.1 Å². The first-order chi connectivity index (χ1) is 14.7. The van der Waals surface area contributed by atoms with Crippen molar-refractivity contribution in [3.63, 3.8) is 0 Å². The van der Waals surface area contributed by atoms with Crippen molar-refractivity contribution in [2.45, 2.75) is 25.3 Å². The molecule has 1 amide bonds. The maximum absolute atomic E-state index is 11.9. The van der Waals surface area contributed by atoms with Crippen molar-refractivity contribution < 1.29 is 14.3 Å². The average molecular weight is 404 g/mol. The number of nitrogens with zero attached hydrogens (tertiary/aromatic N) is 2. The zero-order chi connectivity index (χ0) is 20.9. The molecule has 154 valence electrons. The van der Waals surface area contributed by atoms with Crippen LogP contribution in [0.2, 0.25) is 0 Å². The third kappa shape index (κ3) is 4.35. The van der Waals surface area contributed by atoms with Crippen molar-refractivity contribution in [2.24, 2.45) is 0 Å². The summed E-state index contributed by atoms with van der Waals surface area (Å²) in [6, 6.07) is 11.8. The molecule has 1 heterocycles. The third-order valence-electron chi connectivity index (χ3n) is 5.19. The quantitative estimate of drug-likeness (QED) is 0.578. The maximum atomic E-state index is 11.9. The third-order valence-corrected chi connectivity index (χ3v) is 5.19. The molecule has 0 saturated heterocycles. The van der Waals surface area contributed by atoms with Gasteiger partial charge in [-0.2, -0.15) is 0 Å². The molecule has 0 spiro atoms. The Bertz CT molecular complexity index is 1080. The van der Waals surface area contributed by atoms with Crippen LogP contribution in [-0.4, -0.2) is 36.1 Å². The molecule has 0 bridgehead atoms. The van der Waals surface area contributed by atoms with Crippen molar-refractivity contribution in [1.29, 1.82) is 0 Å². The van der Waals surface area contributed by atoms with Crippen molar-refractivity contribution in [3.8, 4) is 11.5 Å². The highest BCUT2D eigenvalue weighted by Crippen LogP contribution is 2.34. The number of anilines is 2. The Hall–Kier alpha value is -3.61. The zero-order valence-electron chi connectivity index (χ0n) is 17.0. The summed E-state index contributed by atoms with van der Waals surface area (Å²) in [5, 5.41) is 7.14. The Morgan fingerprint density at radius 3 is 2.47 bits per heavy atom. The second-order valence-electron chi connectivity index (χ2n) is 7.16. The highest BCUT2D eigenvalue weighted by Gasteiger charge is 2.18. The first-order valence-electron chi connectivity index (χ1n) is 9.88. The predicted octanol–water partition coefficient (Wildman–Crippen LogP) is 4.07. The van der Waals surface area contributed by atoms with E-state index in [0.717, 1.165) is 35.0 Å². The molecule has 7 nitrogen and oxygen atoms in total. The molecule has 0 radical (unpaired) electrons. The van der Waals surface area contributed by atoms with Crippen LogP contribution in [0, 0.1) is 0 Å². The summed E-state index contributed by atoms with van der Waals surface area (Å²) in [5.74, 6) is 1.86. The van der Waals surface area contributed by atoms with E-state index in [0.29, 0.717) is 23.4 Å². The molecule has 2 aromatic carbocycles. The van der Waals surface area contributed by atoms with Crippen LogP contribution in [0.4, 0.5) is 11.5 Å². The van der Waals surface area contributed by atoms with E-state index in [-0.39, 0.29) is 5.91 Å². The number of benzene rings is 2. The fraction of sp³-hybridized carbons (Fsp3) is 0.261. The number of ether oxygens (including phenoxy) is 2. The number of aromatic nitrogens is 2. The van der Waals surface area contributed by atoms with Crippen LogP contribution in [0.3, 0.4) is 0 Å². The lowest BCUT2D eigenvalue weighted by Crippen LogP contribution is -2.38. The van der Waals surface area contributed by atoms with E-state index in [4.69, 9.17) is 9.47 Å². The van der Waals surface area contributed by atoms with Crippen LogP contribution in [0.25, 0.3) is 17.0 Å². The highest BCUT2D eigenvalue weighted by molar-refractivity contribution is 5.93. The molecular weight excluding hydrogens is 380 g/mol. The molecule has 1 aromatic heterocycles. The minimum absolute atomic E-state index is 0.0428. The number of methoxy groups -OCH3 is 2. The van der Waals surface area contributed by atoms with Crippen LogP contribution in [0.5, 0.6) is 11.5 Å². The Morgan fingerprint density at radius 2 is 1.80 bits per heavy atom. The van der Waals surface area contributed by atoms with E-state index >= 15 is 0 Å². The van der Waals surface area contributed by atoms with Crippen molar-refractivity contribution in [2.75, 3.05) is 19.5 Å². The lowest BCUT2D eigenvalue weighted by molar-refractivity contribution is -0.117. The molecule has 30 heavy (non-hydrogen) atoms. The summed E-state index contributed by atoms with van der Waals surface area (Å²) < 4.78 is 10.7. The van der Waals surface area contributed by atoms with Gasteiger partial charge < -0.3 is 20.1 Å². The first-order valence-corrected chi connectivity index (χ1v) is 9.88. The van der Waals surface area contributed by atoms with Gasteiger partial charge in [-0.15, -0.1) is 0 Å². The summed E-state index contributed by atoms with van der Waals surface area (Å²) in [7, 11) is 3.19. The van der Waals surface area contributed by atoms with Gasteiger partial charge in [0.15, 0.2) is 11.5 Å².